The number of hydrogen-bond acceptors (Lipinski definition) is 5. The first-order chi connectivity index (χ1) is 8.04. The summed E-state index contributed by atoms with van der Waals surface area (Å²) in [5.41, 5.74) is 0.954. The fourth-order valence-corrected chi connectivity index (χ4v) is 1.64. The van der Waals surface area contributed by atoms with Crippen LogP contribution in [0.15, 0.2) is 4.79 Å². The summed E-state index contributed by atoms with van der Waals surface area (Å²) in [4.78, 5) is 29.7. The number of rotatable bonds is 2. The molecule has 2 aromatic rings. The summed E-state index contributed by atoms with van der Waals surface area (Å²) in [6.45, 7) is 3.64. The Hall–Kier alpha value is -2.18. The summed E-state index contributed by atoms with van der Waals surface area (Å²) in [7, 11) is 1.65. The molecular weight excluding hydrogens is 224 g/mol. The largest absolute Gasteiger partial charge is 0.460 e. The number of carbonyl (C=O) groups excluding carboxylic acids is 1. The molecule has 0 atom stereocenters. The van der Waals surface area contributed by atoms with Crippen molar-refractivity contribution in [1.82, 2.24) is 19.7 Å². The molecule has 90 valence electrons. The smallest absolute Gasteiger partial charge is 0.374 e. The maximum absolute atomic E-state index is 11.8. The van der Waals surface area contributed by atoms with Crippen molar-refractivity contribution in [2.45, 2.75) is 13.8 Å². The monoisotopic (exact) mass is 236 g/mol. The van der Waals surface area contributed by atoms with E-state index in [2.05, 4.69) is 15.1 Å². The van der Waals surface area contributed by atoms with Gasteiger partial charge in [-0.05, 0) is 13.8 Å². The molecule has 0 aliphatic heterocycles. The Balaban J connectivity index is 2.67. The summed E-state index contributed by atoms with van der Waals surface area (Å²) >= 11 is 0. The highest BCUT2D eigenvalue weighted by atomic mass is 16.5. The first-order valence-electron chi connectivity index (χ1n) is 5.15. The lowest BCUT2D eigenvalue weighted by Crippen LogP contribution is -2.19. The van der Waals surface area contributed by atoms with Crippen LogP contribution in [0.25, 0.3) is 11.0 Å². The Kier molecular flexibility index (Phi) is 2.66. The zero-order valence-corrected chi connectivity index (χ0v) is 9.77. The highest BCUT2D eigenvalue weighted by Gasteiger charge is 2.16. The summed E-state index contributed by atoms with van der Waals surface area (Å²) in [5.74, 6) is -0.741. The van der Waals surface area contributed by atoms with Crippen LogP contribution in [-0.2, 0) is 11.8 Å². The van der Waals surface area contributed by atoms with Crippen LogP contribution in [0.1, 0.15) is 23.2 Å². The number of H-pyrrole nitrogens is 1. The first kappa shape index (κ1) is 11.3. The lowest BCUT2D eigenvalue weighted by molar-refractivity contribution is 0.0512. The molecule has 2 rings (SSSR count). The van der Waals surface area contributed by atoms with E-state index in [1.165, 1.54) is 4.68 Å². The molecule has 2 aromatic heterocycles. The molecule has 0 fully saturated rings. The second-order valence-corrected chi connectivity index (χ2v) is 3.54. The van der Waals surface area contributed by atoms with Gasteiger partial charge in [-0.25, -0.2) is 9.78 Å². The molecule has 7 heteroatoms. The van der Waals surface area contributed by atoms with Gasteiger partial charge in [0.2, 0.25) is 5.82 Å². The maximum atomic E-state index is 11.8. The van der Waals surface area contributed by atoms with Gasteiger partial charge in [-0.15, -0.1) is 0 Å². The molecule has 2 heterocycles. The topological polar surface area (TPSA) is 89.9 Å². The minimum atomic E-state index is -0.644. The number of fused-ring (bicyclic) bond motifs is 1. The Morgan fingerprint density at radius 2 is 2.24 bits per heavy atom. The normalized spacial score (nSPS) is 10.8. The van der Waals surface area contributed by atoms with Crippen LogP contribution < -0.4 is 5.56 Å². The molecule has 0 radical (unpaired) electrons. The third-order valence-electron chi connectivity index (χ3n) is 2.33. The predicted molar refractivity (Wildman–Crippen MR) is 59.8 cm³/mol. The van der Waals surface area contributed by atoms with Gasteiger partial charge in [0, 0.05) is 7.05 Å². The van der Waals surface area contributed by atoms with Gasteiger partial charge in [-0.2, -0.15) is 5.10 Å². The number of hydrogen-bond donors (Lipinski definition) is 1. The number of aromatic amines is 1. The summed E-state index contributed by atoms with van der Waals surface area (Å²) in [5, 5.41) is 4.08. The molecule has 17 heavy (non-hydrogen) atoms. The van der Waals surface area contributed by atoms with E-state index in [1.807, 2.05) is 0 Å². The predicted octanol–water partition coefficient (Wildman–Crippen LogP) is 0.142. The summed E-state index contributed by atoms with van der Waals surface area (Å²) in [6, 6.07) is 0. The van der Waals surface area contributed by atoms with Gasteiger partial charge in [0.1, 0.15) is 5.52 Å². The zero-order chi connectivity index (χ0) is 12.6. The van der Waals surface area contributed by atoms with Crippen LogP contribution >= 0.6 is 0 Å². The number of aryl methyl sites for hydroxylation is 2. The standard InChI is InChI=1S/C10H12N4O3/c1-4-17-10(16)8-11-6-5(2)13-14(3)7(6)9(15)12-8/h4H2,1-3H3,(H,11,12,15). The third-order valence-corrected chi connectivity index (χ3v) is 2.33. The van der Waals surface area contributed by atoms with Crippen LogP contribution in [-0.4, -0.2) is 32.3 Å². The van der Waals surface area contributed by atoms with E-state index in [0.29, 0.717) is 16.7 Å². The van der Waals surface area contributed by atoms with Gasteiger partial charge in [0.25, 0.3) is 5.56 Å². The van der Waals surface area contributed by atoms with Crippen LogP contribution in [0.3, 0.4) is 0 Å². The van der Waals surface area contributed by atoms with E-state index in [1.54, 1.807) is 20.9 Å². The van der Waals surface area contributed by atoms with Crippen molar-refractivity contribution >= 4 is 17.0 Å². The van der Waals surface area contributed by atoms with Crippen molar-refractivity contribution in [2.24, 2.45) is 7.05 Å². The lowest BCUT2D eigenvalue weighted by Gasteiger charge is -2.00. The molecule has 0 unspecified atom stereocenters. The molecule has 0 aliphatic rings. The van der Waals surface area contributed by atoms with E-state index < -0.39 is 11.5 Å². The van der Waals surface area contributed by atoms with Crippen molar-refractivity contribution in [3.63, 3.8) is 0 Å². The van der Waals surface area contributed by atoms with E-state index in [0.717, 1.165) is 0 Å². The van der Waals surface area contributed by atoms with Crippen LogP contribution in [0.5, 0.6) is 0 Å². The van der Waals surface area contributed by atoms with E-state index in [9.17, 15) is 9.59 Å². The van der Waals surface area contributed by atoms with Gasteiger partial charge in [0.15, 0.2) is 5.52 Å². The van der Waals surface area contributed by atoms with Crippen molar-refractivity contribution in [2.75, 3.05) is 6.61 Å². The van der Waals surface area contributed by atoms with Crippen molar-refractivity contribution in [3.8, 4) is 0 Å². The van der Waals surface area contributed by atoms with E-state index in [4.69, 9.17) is 4.74 Å². The minimum absolute atomic E-state index is 0.0968. The Morgan fingerprint density at radius 3 is 2.88 bits per heavy atom. The van der Waals surface area contributed by atoms with Gasteiger partial charge in [0.05, 0.1) is 12.3 Å². The molecule has 1 N–H and O–H groups in total. The summed E-state index contributed by atoms with van der Waals surface area (Å²) < 4.78 is 6.22. The number of ether oxygens (including phenoxy) is 1. The van der Waals surface area contributed by atoms with Crippen LogP contribution in [0.2, 0.25) is 0 Å². The molecule has 0 aromatic carbocycles. The van der Waals surface area contributed by atoms with Crippen molar-refractivity contribution in [3.05, 3.63) is 21.9 Å². The quantitative estimate of drug-likeness (QED) is 0.749. The molecule has 0 bridgehead atoms. The first-order valence-corrected chi connectivity index (χ1v) is 5.15. The number of aromatic nitrogens is 4. The van der Waals surface area contributed by atoms with Gasteiger partial charge in [-0.3, -0.25) is 14.5 Å². The number of carbonyl (C=O) groups is 1. The third kappa shape index (κ3) is 1.79. The molecule has 0 saturated heterocycles. The zero-order valence-electron chi connectivity index (χ0n) is 9.77. The van der Waals surface area contributed by atoms with E-state index in [-0.39, 0.29) is 12.4 Å². The molecule has 7 nitrogen and oxygen atoms in total. The molecular formula is C10H12N4O3. The maximum Gasteiger partial charge on any atom is 0.374 e. The van der Waals surface area contributed by atoms with Crippen LogP contribution in [0.4, 0.5) is 0 Å². The average Bonchev–Trinajstić information content (AvgIpc) is 2.55. The number of esters is 1. The fourth-order valence-electron chi connectivity index (χ4n) is 1.64. The van der Waals surface area contributed by atoms with Crippen LogP contribution in [0, 0.1) is 6.92 Å². The Morgan fingerprint density at radius 1 is 1.53 bits per heavy atom. The number of nitrogens with zero attached hydrogens (tertiary/aromatic N) is 3. The van der Waals surface area contributed by atoms with Crippen molar-refractivity contribution < 1.29 is 9.53 Å². The highest BCUT2D eigenvalue weighted by Crippen LogP contribution is 2.10. The molecule has 0 saturated carbocycles. The average molecular weight is 236 g/mol. The van der Waals surface area contributed by atoms with Crippen molar-refractivity contribution in [1.29, 1.82) is 0 Å². The molecule has 0 spiro atoms. The van der Waals surface area contributed by atoms with Gasteiger partial charge < -0.3 is 4.74 Å². The highest BCUT2D eigenvalue weighted by molar-refractivity contribution is 5.88. The SMILES string of the molecule is CCOC(=O)c1nc2c(C)nn(C)c2c(=O)[nH]1. The van der Waals surface area contributed by atoms with Gasteiger partial charge >= 0.3 is 5.97 Å². The Bertz CT molecular complexity index is 641. The van der Waals surface area contributed by atoms with Gasteiger partial charge in [-0.1, -0.05) is 0 Å². The second kappa shape index (κ2) is 4.00. The summed E-state index contributed by atoms with van der Waals surface area (Å²) in [6.07, 6.45) is 0. The lowest BCUT2D eigenvalue weighted by atomic mass is 10.3. The fraction of sp³-hybridized carbons (Fsp3) is 0.400. The molecule has 0 aliphatic carbocycles. The minimum Gasteiger partial charge on any atom is -0.460 e. The number of nitrogens with one attached hydrogen (secondary N) is 1. The molecule has 0 amide bonds. The second-order valence-electron chi connectivity index (χ2n) is 3.54. The van der Waals surface area contributed by atoms with E-state index >= 15 is 0 Å². The Labute approximate surface area is 96.4 Å².